The van der Waals surface area contributed by atoms with Crippen LogP contribution in [0.2, 0.25) is 0 Å². The number of ketones is 1. The standard InChI is InChI=1S/C24H23NO4/c1-17(26)18-8-14-22(15-9-18)29-16-23(27)25-24(19-6-4-3-5-7-19)20-10-12-21(28-2)13-11-20/h3-15,24H,16H2,1-2H3,(H,25,27). The van der Waals surface area contributed by atoms with Crippen molar-refractivity contribution in [2.75, 3.05) is 13.7 Å². The number of Topliss-reactive ketones (excluding diaryl/α,β-unsaturated/α-hetero) is 1. The number of hydrogen-bond donors (Lipinski definition) is 1. The largest absolute Gasteiger partial charge is 0.497 e. The van der Waals surface area contributed by atoms with Gasteiger partial charge in [0.1, 0.15) is 11.5 Å². The second kappa shape index (κ2) is 9.55. The molecular formula is C24H23NO4. The number of ether oxygens (including phenoxy) is 2. The van der Waals surface area contributed by atoms with Gasteiger partial charge in [0.25, 0.3) is 5.91 Å². The fourth-order valence-corrected chi connectivity index (χ4v) is 2.94. The molecule has 0 fully saturated rings. The number of nitrogens with one attached hydrogen (secondary N) is 1. The van der Waals surface area contributed by atoms with Gasteiger partial charge in [-0.2, -0.15) is 0 Å². The fourth-order valence-electron chi connectivity index (χ4n) is 2.94. The van der Waals surface area contributed by atoms with Gasteiger partial charge in [0.2, 0.25) is 0 Å². The number of carbonyl (C=O) groups excluding carboxylic acids is 2. The summed E-state index contributed by atoms with van der Waals surface area (Å²) in [5, 5.41) is 3.03. The van der Waals surface area contributed by atoms with E-state index in [9.17, 15) is 9.59 Å². The van der Waals surface area contributed by atoms with Crippen molar-refractivity contribution in [3.63, 3.8) is 0 Å². The van der Waals surface area contributed by atoms with E-state index in [4.69, 9.17) is 9.47 Å². The predicted octanol–water partition coefficient (Wildman–Crippen LogP) is 4.18. The van der Waals surface area contributed by atoms with Gasteiger partial charge in [-0.1, -0.05) is 42.5 Å². The van der Waals surface area contributed by atoms with Gasteiger partial charge in [0.05, 0.1) is 13.2 Å². The zero-order valence-corrected chi connectivity index (χ0v) is 16.4. The molecule has 1 amide bonds. The number of hydrogen-bond acceptors (Lipinski definition) is 4. The van der Waals surface area contributed by atoms with Crippen LogP contribution in [0, 0.1) is 0 Å². The molecular weight excluding hydrogens is 366 g/mol. The van der Waals surface area contributed by atoms with Crippen molar-refractivity contribution in [2.24, 2.45) is 0 Å². The maximum Gasteiger partial charge on any atom is 0.258 e. The molecule has 0 saturated heterocycles. The Morgan fingerprint density at radius 1 is 0.828 bits per heavy atom. The normalized spacial score (nSPS) is 11.4. The van der Waals surface area contributed by atoms with Gasteiger partial charge in [0, 0.05) is 5.56 Å². The minimum Gasteiger partial charge on any atom is -0.497 e. The van der Waals surface area contributed by atoms with Crippen LogP contribution in [0.1, 0.15) is 34.5 Å². The van der Waals surface area contributed by atoms with E-state index >= 15 is 0 Å². The first-order valence-corrected chi connectivity index (χ1v) is 9.29. The van der Waals surface area contributed by atoms with Crippen LogP contribution in [0.15, 0.2) is 78.9 Å². The van der Waals surface area contributed by atoms with E-state index in [-0.39, 0.29) is 24.3 Å². The molecule has 3 aromatic carbocycles. The van der Waals surface area contributed by atoms with Crippen LogP contribution >= 0.6 is 0 Å². The summed E-state index contributed by atoms with van der Waals surface area (Å²) in [4.78, 5) is 23.9. The van der Waals surface area contributed by atoms with Gasteiger partial charge in [-0.3, -0.25) is 9.59 Å². The summed E-state index contributed by atoms with van der Waals surface area (Å²) in [6.45, 7) is 1.38. The topological polar surface area (TPSA) is 64.6 Å². The Morgan fingerprint density at radius 3 is 2.00 bits per heavy atom. The first kappa shape index (κ1) is 20.1. The van der Waals surface area contributed by atoms with Crippen LogP contribution in [0.5, 0.6) is 11.5 Å². The third kappa shape index (κ3) is 5.45. The second-order valence-electron chi connectivity index (χ2n) is 6.55. The molecule has 0 spiro atoms. The Hall–Kier alpha value is -3.60. The number of benzene rings is 3. The number of rotatable bonds is 8. The highest BCUT2D eigenvalue weighted by Gasteiger charge is 2.17. The summed E-state index contributed by atoms with van der Waals surface area (Å²) in [5.41, 5.74) is 2.51. The van der Waals surface area contributed by atoms with E-state index in [1.807, 2.05) is 54.6 Å². The zero-order valence-electron chi connectivity index (χ0n) is 16.4. The van der Waals surface area contributed by atoms with Gasteiger partial charge >= 0.3 is 0 Å². The van der Waals surface area contributed by atoms with E-state index in [1.165, 1.54) is 6.92 Å². The van der Waals surface area contributed by atoms with Crippen molar-refractivity contribution in [1.29, 1.82) is 0 Å². The molecule has 0 aromatic heterocycles. The average molecular weight is 389 g/mol. The quantitative estimate of drug-likeness (QED) is 0.587. The number of carbonyl (C=O) groups is 2. The third-order valence-corrected chi connectivity index (χ3v) is 4.52. The van der Waals surface area contributed by atoms with Crippen molar-refractivity contribution in [3.8, 4) is 11.5 Å². The lowest BCUT2D eigenvalue weighted by Gasteiger charge is -2.20. The SMILES string of the molecule is COc1ccc(C(NC(=O)COc2ccc(C(C)=O)cc2)c2ccccc2)cc1. The minimum absolute atomic E-state index is 0.0144. The molecule has 1 N–H and O–H groups in total. The van der Waals surface area contributed by atoms with E-state index in [0.29, 0.717) is 11.3 Å². The Labute approximate surface area is 170 Å². The van der Waals surface area contributed by atoms with Gasteiger partial charge in [0.15, 0.2) is 12.4 Å². The molecule has 0 aliphatic heterocycles. The Morgan fingerprint density at radius 2 is 1.41 bits per heavy atom. The highest BCUT2D eigenvalue weighted by molar-refractivity contribution is 5.94. The minimum atomic E-state index is -0.307. The Bertz CT molecular complexity index is 950. The van der Waals surface area contributed by atoms with Crippen LogP contribution in [0.3, 0.4) is 0 Å². The van der Waals surface area contributed by atoms with Gasteiger partial charge in [-0.15, -0.1) is 0 Å². The molecule has 5 nitrogen and oxygen atoms in total. The molecule has 1 unspecified atom stereocenters. The summed E-state index contributed by atoms with van der Waals surface area (Å²) >= 11 is 0. The van der Waals surface area contributed by atoms with E-state index in [1.54, 1.807) is 31.4 Å². The van der Waals surface area contributed by atoms with Crippen molar-refractivity contribution >= 4 is 11.7 Å². The fraction of sp³-hybridized carbons (Fsp3) is 0.167. The third-order valence-electron chi connectivity index (χ3n) is 4.52. The lowest BCUT2D eigenvalue weighted by molar-refractivity contribution is -0.123. The molecule has 148 valence electrons. The van der Waals surface area contributed by atoms with Crippen molar-refractivity contribution < 1.29 is 19.1 Å². The molecule has 1 atom stereocenters. The molecule has 0 bridgehead atoms. The summed E-state index contributed by atoms with van der Waals surface area (Å²) in [6.07, 6.45) is 0. The number of methoxy groups -OCH3 is 1. The van der Waals surface area contributed by atoms with Gasteiger partial charge in [-0.25, -0.2) is 0 Å². The molecule has 0 radical (unpaired) electrons. The summed E-state index contributed by atoms with van der Waals surface area (Å²) in [6, 6.07) is 23.8. The summed E-state index contributed by atoms with van der Waals surface area (Å²) < 4.78 is 10.8. The maximum absolute atomic E-state index is 12.6. The lowest BCUT2D eigenvalue weighted by Crippen LogP contribution is -2.33. The highest BCUT2D eigenvalue weighted by atomic mass is 16.5. The maximum atomic E-state index is 12.6. The van der Waals surface area contributed by atoms with Crippen LogP contribution in [0.25, 0.3) is 0 Å². The van der Waals surface area contributed by atoms with Crippen LogP contribution in [-0.2, 0) is 4.79 Å². The molecule has 29 heavy (non-hydrogen) atoms. The van der Waals surface area contributed by atoms with E-state index in [2.05, 4.69) is 5.32 Å². The van der Waals surface area contributed by atoms with Gasteiger partial charge < -0.3 is 14.8 Å². The smallest absolute Gasteiger partial charge is 0.258 e. The van der Waals surface area contributed by atoms with Crippen molar-refractivity contribution in [3.05, 3.63) is 95.6 Å². The van der Waals surface area contributed by atoms with Crippen LogP contribution in [0.4, 0.5) is 0 Å². The Kier molecular flexibility index (Phi) is 6.63. The monoisotopic (exact) mass is 389 g/mol. The molecule has 0 saturated carbocycles. The van der Waals surface area contributed by atoms with Crippen molar-refractivity contribution in [1.82, 2.24) is 5.32 Å². The predicted molar refractivity (Wildman–Crippen MR) is 111 cm³/mol. The zero-order chi connectivity index (χ0) is 20.6. The van der Waals surface area contributed by atoms with Gasteiger partial charge in [-0.05, 0) is 54.4 Å². The molecule has 5 heteroatoms. The molecule has 0 aliphatic carbocycles. The van der Waals surface area contributed by atoms with E-state index < -0.39 is 0 Å². The summed E-state index contributed by atoms with van der Waals surface area (Å²) in [7, 11) is 1.62. The summed E-state index contributed by atoms with van der Waals surface area (Å²) in [5.74, 6) is 1.03. The first-order chi connectivity index (χ1) is 14.1. The molecule has 0 heterocycles. The lowest BCUT2D eigenvalue weighted by atomic mass is 9.98. The second-order valence-corrected chi connectivity index (χ2v) is 6.55. The molecule has 0 aliphatic rings. The van der Waals surface area contributed by atoms with Crippen LogP contribution < -0.4 is 14.8 Å². The average Bonchev–Trinajstić information content (AvgIpc) is 2.77. The van der Waals surface area contributed by atoms with Crippen molar-refractivity contribution in [2.45, 2.75) is 13.0 Å². The molecule has 3 aromatic rings. The molecule has 3 rings (SSSR count). The number of amides is 1. The highest BCUT2D eigenvalue weighted by Crippen LogP contribution is 2.24. The Balaban J connectivity index is 1.69. The van der Waals surface area contributed by atoms with Crippen LogP contribution in [-0.4, -0.2) is 25.4 Å². The first-order valence-electron chi connectivity index (χ1n) is 9.29. The van der Waals surface area contributed by atoms with E-state index in [0.717, 1.165) is 16.9 Å².